The Morgan fingerprint density at radius 1 is 1.12 bits per heavy atom. The van der Waals surface area contributed by atoms with Crippen LogP contribution in [0, 0.1) is 0 Å². The number of primary amides is 1. The van der Waals surface area contributed by atoms with Gasteiger partial charge in [-0.3, -0.25) is 19.3 Å². The third-order valence-electron chi connectivity index (χ3n) is 5.47. The summed E-state index contributed by atoms with van der Waals surface area (Å²) in [6.07, 6.45) is 3.59. The van der Waals surface area contributed by atoms with Gasteiger partial charge in [0, 0.05) is 4.88 Å². The first-order valence-corrected chi connectivity index (χ1v) is 11.2. The zero-order valence-electron chi connectivity index (χ0n) is 17.6. The van der Waals surface area contributed by atoms with E-state index >= 15 is 0 Å². The van der Waals surface area contributed by atoms with Gasteiger partial charge < -0.3 is 21.1 Å². The van der Waals surface area contributed by atoms with Gasteiger partial charge in [-0.15, -0.1) is 11.3 Å². The number of esters is 1. The van der Waals surface area contributed by atoms with Crippen molar-refractivity contribution >= 4 is 46.1 Å². The Morgan fingerprint density at radius 2 is 1.85 bits per heavy atom. The minimum Gasteiger partial charge on any atom is -0.452 e. The van der Waals surface area contributed by atoms with Gasteiger partial charge in [-0.1, -0.05) is 12.1 Å². The predicted octanol–water partition coefficient (Wildman–Crippen LogP) is 1.57. The Hall–Kier alpha value is -3.73. The van der Waals surface area contributed by atoms with Crippen molar-refractivity contribution in [3.63, 3.8) is 0 Å². The number of hydrogen-bond acceptors (Lipinski definition) is 7. The number of nitrogens with zero attached hydrogens (tertiary/aromatic N) is 1. The summed E-state index contributed by atoms with van der Waals surface area (Å²) in [5.41, 5.74) is 7.65. The molecular weight excluding hydrogens is 448 g/mol. The number of aryl methyl sites for hydroxylation is 1. The summed E-state index contributed by atoms with van der Waals surface area (Å²) in [6, 6.07) is 5.73. The standard InChI is InChI=1S/C22H22N4O6S/c23-19(29)18-14-3-1-2-4-15(14)33-20(18)25-16(27)11-32-21(30)13-7-5-12(6-8-13)10-26-17(28)9-24-22(26)31/h5-8H,1-4,9-11H2,(H2,23,29)(H,24,31)(H,25,27). The Bertz CT molecular complexity index is 1120. The number of imide groups is 1. The zero-order chi connectivity index (χ0) is 23.5. The lowest BCUT2D eigenvalue weighted by Gasteiger charge is -2.12. The maximum atomic E-state index is 12.3. The molecule has 0 spiro atoms. The molecule has 0 unspecified atom stereocenters. The predicted molar refractivity (Wildman–Crippen MR) is 119 cm³/mol. The number of amides is 5. The van der Waals surface area contributed by atoms with Crippen LogP contribution in [0.25, 0.3) is 0 Å². The lowest BCUT2D eigenvalue weighted by atomic mass is 9.95. The number of ether oxygens (including phenoxy) is 1. The van der Waals surface area contributed by atoms with E-state index in [1.165, 1.54) is 23.5 Å². The molecule has 11 heteroatoms. The molecule has 1 aliphatic carbocycles. The van der Waals surface area contributed by atoms with E-state index in [0.717, 1.165) is 41.0 Å². The van der Waals surface area contributed by atoms with E-state index < -0.39 is 30.4 Å². The van der Waals surface area contributed by atoms with Crippen LogP contribution in [0.1, 0.15) is 49.6 Å². The van der Waals surface area contributed by atoms with Crippen LogP contribution in [0.5, 0.6) is 0 Å². The first-order chi connectivity index (χ1) is 15.8. The fraction of sp³-hybridized carbons (Fsp3) is 0.318. The van der Waals surface area contributed by atoms with Gasteiger partial charge in [-0.05, 0) is 48.9 Å². The Kier molecular flexibility index (Phi) is 6.40. The van der Waals surface area contributed by atoms with E-state index in [2.05, 4.69) is 10.6 Å². The third kappa shape index (κ3) is 4.87. The van der Waals surface area contributed by atoms with Gasteiger partial charge in [0.1, 0.15) is 5.00 Å². The molecule has 2 heterocycles. The van der Waals surface area contributed by atoms with E-state index in [0.29, 0.717) is 16.1 Å². The fourth-order valence-corrected chi connectivity index (χ4v) is 5.15. The highest BCUT2D eigenvalue weighted by Crippen LogP contribution is 2.37. The number of anilines is 1. The number of benzene rings is 1. The van der Waals surface area contributed by atoms with Gasteiger partial charge in [-0.2, -0.15) is 0 Å². The van der Waals surface area contributed by atoms with Crippen molar-refractivity contribution in [3.05, 3.63) is 51.4 Å². The number of carbonyl (C=O) groups is 5. The van der Waals surface area contributed by atoms with Crippen molar-refractivity contribution in [2.75, 3.05) is 18.5 Å². The van der Waals surface area contributed by atoms with E-state index in [1.807, 2.05) is 0 Å². The summed E-state index contributed by atoms with van der Waals surface area (Å²) in [4.78, 5) is 62.0. The number of urea groups is 1. The smallest absolute Gasteiger partial charge is 0.338 e. The van der Waals surface area contributed by atoms with Crippen LogP contribution in [0.3, 0.4) is 0 Å². The maximum absolute atomic E-state index is 12.3. The molecule has 1 aliphatic heterocycles. The molecule has 1 saturated heterocycles. The van der Waals surface area contributed by atoms with Crippen LogP contribution in [0.15, 0.2) is 24.3 Å². The molecule has 0 saturated carbocycles. The molecule has 0 bridgehead atoms. The SMILES string of the molecule is NC(=O)c1c(NC(=O)COC(=O)c2ccc(CN3C(=O)CNC3=O)cc2)sc2c1CCCC2. The van der Waals surface area contributed by atoms with Crippen molar-refractivity contribution in [1.82, 2.24) is 10.2 Å². The van der Waals surface area contributed by atoms with Gasteiger partial charge in [0.15, 0.2) is 6.61 Å². The van der Waals surface area contributed by atoms with E-state index in [9.17, 15) is 24.0 Å². The minimum atomic E-state index is -0.702. The molecule has 1 aromatic carbocycles. The topological polar surface area (TPSA) is 148 Å². The van der Waals surface area contributed by atoms with Gasteiger partial charge >= 0.3 is 12.0 Å². The minimum absolute atomic E-state index is 0.0274. The van der Waals surface area contributed by atoms with Gasteiger partial charge in [0.05, 0.1) is 24.2 Å². The lowest BCUT2D eigenvalue weighted by Crippen LogP contribution is -2.30. The molecule has 0 atom stereocenters. The number of carbonyl (C=O) groups excluding carboxylic acids is 5. The number of fused-ring (bicyclic) bond motifs is 1. The van der Waals surface area contributed by atoms with Crippen LogP contribution in [-0.2, 0) is 33.7 Å². The normalized spacial score (nSPS) is 15.1. The highest BCUT2D eigenvalue weighted by molar-refractivity contribution is 7.17. The molecule has 10 nitrogen and oxygen atoms in total. The molecule has 1 fully saturated rings. The molecule has 5 amide bonds. The van der Waals surface area contributed by atoms with Crippen LogP contribution in [0.2, 0.25) is 0 Å². The quantitative estimate of drug-likeness (QED) is 0.413. The van der Waals surface area contributed by atoms with Crippen molar-refractivity contribution in [2.24, 2.45) is 5.73 Å². The average Bonchev–Trinajstić information content (AvgIpc) is 3.32. The second kappa shape index (κ2) is 9.41. The van der Waals surface area contributed by atoms with Crippen LogP contribution in [0.4, 0.5) is 9.80 Å². The average molecular weight is 471 g/mol. The molecule has 1 aromatic heterocycles. The fourth-order valence-electron chi connectivity index (χ4n) is 3.84. The third-order valence-corrected chi connectivity index (χ3v) is 6.68. The highest BCUT2D eigenvalue weighted by atomic mass is 32.1. The van der Waals surface area contributed by atoms with Gasteiger partial charge in [0.25, 0.3) is 11.8 Å². The summed E-state index contributed by atoms with van der Waals surface area (Å²) in [6.45, 7) is -0.459. The molecule has 4 rings (SSSR count). The molecular formula is C22H22N4O6S. The van der Waals surface area contributed by atoms with E-state index in [-0.39, 0.29) is 24.6 Å². The summed E-state index contributed by atoms with van der Waals surface area (Å²) < 4.78 is 5.08. The number of nitrogens with two attached hydrogens (primary N) is 1. The summed E-state index contributed by atoms with van der Waals surface area (Å²) in [7, 11) is 0. The molecule has 2 aromatic rings. The Morgan fingerprint density at radius 3 is 2.52 bits per heavy atom. The second-order valence-corrected chi connectivity index (χ2v) is 8.84. The van der Waals surface area contributed by atoms with Crippen LogP contribution >= 0.6 is 11.3 Å². The van der Waals surface area contributed by atoms with Crippen LogP contribution < -0.4 is 16.4 Å². The van der Waals surface area contributed by atoms with Gasteiger partial charge in [-0.25, -0.2) is 9.59 Å². The number of rotatable bonds is 7. The lowest BCUT2D eigenvalue weighted by molar-refractivity contribution is -0.125. The summed E-state index contributed by atoms with van der Waals surface area (Å²) in [5.74, 6) is -2.18. The molecule has 2 aliphatic rings. The Labute approximate surface area is 193 Å². The zero-order valence-corrected chi connectivity index (χ0v) is 18.5. The van der Waals surface area contributed by atoms with Crippen molar-refractivity contribution in [2.45, 2.75) is 32.2 Å². The monoisotopic (exact) mass is 470 g/mol. The summed E-state index contributed by atoms with van der Waals surface area (Å²) in [5, 5.41) is 5.47. The molecule has 33 heavy (non-hydrogen) atoms. The number of thiophene rings is 1. The molecule has 172 valence electrons. The largest absolute Gasteiger partial charge is 0.452 e. The second-order valence-electron chi connectivity index (χ2n) is 7.74. The Balaban J connectivity index is 1.33. The van der Waals surface area contributed by atoms with Crippen molar-refractivity contribution in [3.8, 4) is 0 Å². The molecule has 0 radical (unpaired) electrons. The first-order valence-electron chi connectivity index (χ1n) is 10.4. The highest BCUT2D eigenvalue weighted by Gasteiger charge is 2.28. The maximum Gasteiger partial charge on any atom is 0.338 e. The number of hydrogen-bond donors (Lipinski definition) is 3. The summed E-state index contributed by atoms with van der Waals surface area (Å²) >= 11 is 1.33. The molecule has 4 N–H and O–H groups in total. The van der Waals surface area contributed by atoms with E-state index in [4.69, 9.17) is 10.5 Å². The van der Waals surface area contributed by atoms with Gasteiger partial charge in [0.2, 0.25) is 5.91 Å². The van der Waals surface area contributed by atoms with Crippen molar-refractivity contribution in [1.29, 1.82) is 0 Å². The van der Waals surface area contributed by atoms with E-state index in [1.54, 1.807) is 12.1 Å². The number of nitrogens with one attached hydrogen (secondary N) is 2. The first kappa shape index (κ1) is 22.5. The van der Waals surface area contributed by atoms with Crippen LogP contribution in [-0.4, -0.2) is 47.8 Å². The van der Waals surface area contributed by atoms with Crippen molar-refractivity contribution < 1.29 is 28.7 Å².